The molecule has 3 atom stereocenters. The zero-order chi connectivity index (χ0) is 7.68. The highest BCUT2D eigenvalue weighted by atomic mass is 16.1. The van der Waals surface area contributed by atoms with Crippen molar-refractivity contribution in [1.29, 1.82) is 0 Å². The first-order valence-electron chi connectivity index (χ1n) is 4.32. The Balaban J connectivity index is 1.96. The van der Waals surface area contributed by atoms with Gasteiger partial charge in [0.2, 0.25) is 0 Å². The number of carbonyl (C=O) groups is 1. The third kappa shape index (κ3) is 1.30. The number of aldehydes is 1. The predicted molar refractivity (Wildman–Crippen MR) is 42.1 cm³/mol. The Kier molecular flexibility index (Phi) is 1.92. The number of nitrogens with one attached hydrogen (secondary N) is 2. The van der Waals surface area contributed by atoms with Crippen molar-refractivity contribution < 1.29 is 4.79 Å². The van der Waals surface area contributed by atoms with E-state index in [0.717, 1.165) is 32.2 Å². The van der Waals surface area contributed by atoms with E-state index in [0.29, 0.717) is 18.0 Å². The minimum absolute atomic E-state index is 0.309. The highest BCUT2D eigenvalue weighted by molar-refractivity contribution is 5.53. The average Bonchev–Trinajstić information content (AvgIpc) is 2.50. The summed E-state index contributed by atoms with van der Waals surface area (Å²) >= 11 is 0. The zero-order valence-electron chi connectivity index (χ0n) is 6.55. The van der Waals surface area contributed by atoms with Crippen molar-refractivity contribution in [3.05, 3.63) is 0 Å². The SMILES string of the molecule is O=CC1CCC2NCNC2C1. The Morgan fingerprint density at radius 3 is 2.82 bits per heavy atom. The van der Waals surface area contributed by atoms with Crippen molar-refractivity contribution in [3.8, 4) is 0 Å². The fourth-order valence-electron chi connectivity index (χ4n) is 2.12. The van der Waals surface area contributed by atoms with Crippen LogP contribution in [0.5, 0.6) is 0 Å². The lowest BCUT2D eigenvalue weighted by atomic mass is 9.84. The van der Waals surface area contributed by atoms with Crippen LogP contribution in [0.15, 0.2) is 0 Å². The molecule has 3 nitrogen and oxygen atoms in total. The number of fused-ring (bicyclic) bond motifs is 1. The lowest BCUT2D eigenvalue weighted by Gasteiger charge is -2.28. The van der Waals surface area contributed by atoms with Gasteiger partial charge in [-0.25, -0.2) is 0 Å². The molecule has 1 aliphatic carbocycles. The first-order valence-corrected chi connectivity index (χ1v) is 4.32. The van der Waals surface area contributed by atoms with Crippen molar-refractivity contribution >= 4 is 6.29 Å². The molecule has 3 unspecified atom stereocenters. The molecular formula is C8H14N2O. The van der Waals surface area contributed by atoms with Gasteiger partial charge >= 0.3 is 0 Å². The molecule has 11 heavy (non-hydrogen) atoms. The van der Waals surface area contributed by atoms with E-state index in [1.54, 1.807) is 0 Å². The van der Waals surface area contributed by atoms with Crippen molar-refractivity contribution in [2.24, 2.45) is 5.92 Å². The summed E-state index contributed by atoms with van der Waals surface area (Å²) in [4.78, 5) is 10.5. The summed E-state index contributed by atoms with van der Waals surface area (Å²) in [5.41, 5.74) is 0. The van der Waals surface area contributed by atoms with Crippen molar-refractivity contribution in [2.45, 2.75) is 31.3 Å². The standard InChI is InChI=1S/C8H14N2O/c11-4-6-1-2-7-8(3-6)10-5-9-7/h4,6-10H,1-3,5H2. The van der Waals surface area contributed by atoms with Crippen LogP contribution in [0.1, 0.15) is 19.3 Å². The smallest absolute Gasteiger partial charge is 0.123 e. The Morgan fingerprint density at radius 2 is 2.00 bits per heavy atom. The molecule has 1 saturated carbocycles. The van der Waals surface area contributed by atoms with Gasteiger partial charge in [0.15, 0.2) is 0 Å². The second kappa shape index (κ2) is 2.91. The van der Waals surface area contributed by atoms with Crippen LogP contribution < -0.4 is 10.6 Å². The van der Waals surface area contributed by atoms with E-state index < -0.39 is 0 Å². The molecule has 0 bridgehead atoms. The zero-order valence-corrected chi connectivity index (χ0v) is 6.55. The fraction of sp³-hybridized carbons (Fsp3) is 0.875. The van der Waals surface area contributed by atoms with Gasteiger partial charge in [0, 0.05) is 24.7 Å². The van der Waals surface area contributed by atoms with Gasteiger partial charge < -0.3 is 15.4 Å². The molecule has 0 radical (unpaired) electrons. The summed E-state index contributed by atoms with van der Waals surface area (Å²) in [7, 11) is 0. The molecule has 0 spiro atoms. The Bertz CT molecular complexity index is 160. The van der Waals surface area contributed by atoms with Crippen LogP contribution in [-0.2, 0) is 4.79 Å². The molecule has 0 aromatic heterocycles. The molecule has 1 heterocycles. The summed E-state index contributed by atoms with van der Waals surface area (Å²) in [5, 5.41) is 6.73. The van der Waals surface area contributed by atoms with Crippen LogP contribution in [0.25, 0.3) is 0 Å². The van der Waals surface area contributed by atoms with E-state index in [9.17, 15) is 4.79 Å². The second-order valence-electron chi connectivity index (χ2n) is 3.51. The van der Waals surface area contributed by atoms with Crippen LogP contribution >= 0.6 is 0 Å². The van der Waals surface area contributed by atoms with Crippen molar-refractivity contribution in [3.63, 3.8) is 0 Å². The quantitative estimate of drug-likeness (QED) is 0.517. The molecule has 0 amide bonds. The maximum atomic E-state index is 10.5. The molecule has 3 heteroatoms. The summed E-state index contributed by atoms with van der Waals surface area (Å²) in [6, 6.07) is 1.19. The van der Waals surface area contributed by atoms with Gasteiger partial charge in [-0.2, -0.15) is 0 Å². The van der Waals surface area contributed by atoms with E-state index in [1.165, 1.54) is 0 Å². The monoisotopic (exact) mass is 154 g/mol. The molecule has 0 aromatic rings. The number of hydrogen-bond acceptors (Lipinski definition) is 3. The van der Waals surface area contributed by atoms with Crippen molar-refractivity contribution in [2.75, 3.05) is 6.67 Å². The molecule has 0 aromatic carbocycles. The number of carbonyl (C=O) groups excluding carboxylic acids is 1. The first kappa shape index (κ1) is 7.25. The lowest BCUT2D eigenvalue weighted by Crippen LogP contribution is -2.39. The minimum atomic E-state index is 0.309. The highest BCUT2D eigenvalue weighted by Crippen LogP contribution is 2.24. The number of rotatable bonds is 1. The summed E-state index contributed by atoms with van der Waals surface area (Å²) in [6.45, 7) is 0.918. The third-order valence-corrected chi connectivity index (χ3v) is 2.81. The van der Waals surface area contributed by atoms with Gasteiger partial charge in [0.05, 0.1) is 0 Å². The Morgan fingerprint density at radius 1 is 1.18 bits per heavy atom. The van der Waals surface area contributed by atoms with Crippen LogP contribution in [0.4, 0.5) is 0 Å². The summed E-state index contributed by atoms with van der Waals surface area (Å²) in [6.07, 6.45) is 4.36. The van der Waals surface area contributed by atoms with E-state index in [1.807, 2.05) is 0 Å². The molecule has 1 saturated heterocycles. The Labute approximate surface area is 66.5 Å². The maximum Gasteiger partial charge on any atom is 0.123 e. The van der Waals surface area contributed by atoms with Crippen LogP contribution in [0.2, 0.25) is 0 Å². The number of hydrogen-bond donors (Lipinski definition) is 2. The normalized spacial score (nSPS) is 43.5. The predicted octanol–water partition coefficient (Wildman–Crippen LogP) is -0.127. The highest BCUT2D eigenvalue weighted by Gasteiger charge is 2.32. The van der Waals surface area contributed by atoms with E-state index in [-0.39, 0.29) is 0 Å². The molecule has 62 valence electrons. The summed E-state index contributed by atoms with van der Waals surface area (Å²) < 4.78 is 0. The van der Waals surface area contributed by atoms with Crippen LogP contribution in [0.3, 0.4) is 0 Å². The largest absolute Gasteiger partial charge is 0.303 e. The molecule has 2 N–H and O–H groups in total. The second-order valence-corrected chi connectivity index (χ2v) is 3.51. The van der Waals surface area contributed by atoms with Crippen LogP contribution in [0, 0.1) is 5.92 Å². The van der Waals surface area contributed by atoms with Gasteiger partial charge in [0.1, 0.15) is 6.29 Å². The molecule has 2 rings (SSSR count). The molecular weight excluding hydrogens is 140 g/mol. The fourth-order valence-corrected chi connectivity index (χ4v) is 2.12. The van der Waals surface area contributed by atoms with Crippen LogP contribution in [-0.4, -0.2) is 25.0 Å². The third-order valence-electron chi connectivity index (χ3n) is 2.81. The van der Waals surface area contributed by atoms with E-state index in [4.69, 9.17) is 0 Å². The van der Waals surface area contributed by atoms with Gasteiger partial charge in [-0.1, -0.05) is 0 Å². The topological polar surface area (TPSA) is 41.1 Å². The lowest BCUT2D eigenvalue weighted by molar-refractivity contribution is -0.112. The Hall–Kier alpha value is -0.410. The molecule has 2 aliphatic rings. The van der Waals surface area contributed by atoms with Gasteiger partial charge in [-0.05, 0) is 19.3 Å². The van der Waals surface area contributed by atoms with Gasteiger partial charge in [-0.15, -0.1) is 0 Å². The van der Waals surface area contributed by atoms with Gasteiger partial charge in [-0.3, -0.25) is 0 Å². The summed E-state index contributed by atoms with van der Waals surface area (Å²) in [5.74, 6) is 0.309. The average molecular weight is 154 g/mol. The van der Waals surface area contributed by atoms with E-state index in [2.05, 4.69) is 10.6 Å². The maximum absolute atomic E-state index is 10.5. The molecule has 1 aliphatic heterocycles. The minimum Gasteiger partial charge on any atom is -0.303 e. The first-order chi connectivity index (χ1) is 5.40. The molecule has 2 fully saturated rings. The van der Waals surface area contributed by atoms with E-state index >= 15 is 0 Å². The van der Waals surface area contributed by atoms with Gasteiger partial charge in [0.25, 0.3) is 0 Å². The van der Waals surface area contributed by atoms with Crippen molar-refractivity contribution in [1.82, 2.24) is 10.6 Å².